The number of hydrogen-bond acceptors (Lipinski definition) is 3. The molecule has 1 heterocycles. The van der Waals surface area contributed by atoms with Gasteiger partial charge in [-0.2, -0.15) is 0 Å². The highest BCUT2D eigenvalue weighted by Crippen LogP contribution is 2.16. The molecule has 3 nitrogen and oxygen atoms in total. The molecule has 3 heteroatoms. The summed E-state index contributed by atoms with van der Waals surface area (Å²) in [4.78, 5) is 3.98. The fourth-order valence-electron chi connectivity index (χ4n) is 1.66. The minimum absolute atomic E-state index is 0.147. The number of nitrogens with zero attached hydrogens (tertiary/aromatic N) is 1. The first kappa shape index (κ1) is 13.1. The van der Waals surface area contributed by atoms with E-state index in [1.165, 1.54) is 5.56 Å². The summed E-state index contributed by atoms with van der Waals surface area (Å²) >= 11 is 0. The normalized spacial score (nSPS) is 9.53. The third-order valence-corrected chi connectivity index (χ3v) is 2.59. The SMILES string of the molecule is OCC#Cc1ccccc1OCCc1ccncc1. The molecule has 0 saturated carbocycles. The van der Waals surface area contributed by atoms with Gasteiger partial charge in [0.25, 0.3) is 0 Å². The fourth-order valence-corrected chi connectivity index (χ4v) is 1.66. The molecular weight excluding hydrogens is 238 g/mol. The van der Waals surface area contributed by atoms with Crippen LogP contribution in [0.3, 0.4) is 0 Å². The van der Waals surface area contributed by atoms with E-state index in [-0.39, 0.29) is 6.61 Å². The number of benzene rings is 1. The molecule has 0 aliphatic heterocycles. The molecule has 1 N–H and O–H groups in total. The van der Waals surface area contributed by atoms with Crippen LogP contribution in [0.5, 0.6) is 5.75 Å². The van der Waals surface area contributed by atoms with Crippen LogP contribution in [0.15, 0.2) is 48.8 Å². The van der Waals surface area contributed by atoms with Crippen molar-refractivity contribution in [3.05, 3.63) is 59.9 Å². The monoisotopic (exact) mass is 253 g/mol. The van der Waals surface area contributed by atoms with Gasteiger partial charge in [0.15, 0.2) is 0 Å². The van der Waals surface area contributed by atoms with Crippen LogP contribution < -0.4 is 4.74 Å². The molecule has 96 valence electrons. The average molecular weight is 253 g/mol. The van der Waals surface area contributed by atoms with Crippen LogP contribution in [-0.4, -0.2) is 23.3 Å². The maximum Gasteiger partial charge on any atom is 0.134 e. The van der Waals surface area contributed by atoms with E-state index in [0.29, 0.717) is 6.61 Å². The van der Waals surface area contributed by atoms with Crippen molar-refractivity contribution in [3.8, 4) is 17.6 Å². The van der Waals surface area contributed by atoms with Crippen molar-refractivity contribution in [3.63, 3.8) is 0 Å². The van der Waals surface area contributed by atoms with Crippen LogP contribution in [0.1, 0.15) is 11.1 Å². The smallest absolute Gasteiger partial charge is 0.134 e. The molecule has 0 aliphatic rings. The second-order valence-electron chi connectivity index (χ2n) is 3.91. The molecule has 0 radical (unpaired) electrons. The molecule has 0 aliphatic carbocycles. The van der Waals surface area contributed by atoms with E-state index >= 15 is 0 Å². The average Bonchev–Trinajstić information content (AvgIpc) is 2.47. The summed E-state index contributed by atoms with van der Waals surface area (Å²) in [6.45, 7) is 0.438. The Hall–Kier alpha value is -2.31. The first-order valence-electron chi connectivity index (χ1n) is 6.10. The molecule has 0 spiro atoms. The van der Waals surface area contributed by atoms with E-state index in [0.717, 1.165) is 17.7 Å². The third-order valence-electron chi connectivity index (χ3n) is 2.59. The van der Waals surface area contributed by atoms with Crippen molar-refractivity contribution in [2.75, 3.05) is 13.2 Å². The Morgan fingerprint density at radius 3 is 2.68 bits per heavy atom. The predicted molar refractivity (Wildman–Crippen MR) is 73.8 cm³/mol. The molecule has 0 amide bonds. The lowest BCUT2D eigenvalue weighted by atomic mass is 10.2. The molecule has 19 heavy (non-hydrogen) atoms. The number of aliphatic hydroxyl groups is 1. The zero-order chi connectivity index (χ0) is 13.3. The Balaban J connectivity index is 1.96. The van der Waals surface area contributed by atoms with E-state index in [4.69, 9.17) is 9.84 Å². The minimum atomic E-state index is -0.147. The number of aromatic nitrogens is 1. The van der Waals surface area contributed by atoms with Crippen LogP contribution in [0.4, 0.5) is 0 Å². The van der Waals surface area contributed by atoms with E-state index in [1.807, 2.05) is 36.4 Å². The van der Waals surface area contributed by atoms with Crippen molar-refractivity contribution in [2.24, 2.45) is 0 Å². The Morgan fingerprint density at radius 2 is 1.89 bits per heavy atom. The minimum Gasteiger partial charge on any atom is -0.492 e. The molecule has 0 atom stereocenters. The lowest BCUT2D eigenvalue weighted by Crippen LogP contribution is -2.02. The Bertz CT molecular complexity index is 570. The Morgan fingerprint density at radius 1 is 1.11 bits per heavy atom. The van der Waals surface area contributed by atoms with Crippen LogP contribution in [0.2, 0.25) is 0 Å². The number of ether oxygens (including phenoxy) is 1. The number of aliphatic hydroxyl groups excluding tert-OH is 1. The van der Waals surface area contributed by atoms with Gasteiger partial charge in [0, 0.05) is 18.8 Å². The zero-order valence-electron chi connectivity index (χ0n) is 10.5. The maximum atomic E-state index is 8.72. The second kappa shape index (κ2) is 7.20. The summed E-state index contributed by atoms with van der Waals surface area (Å²) in [5.41, 5.74) is 1.99. The van der Waals surface area contributed by atoms with Crippen LogP contribution in [0.25, 0.3) is 0 Å². The van der Waals surface area contributed by atoms with Crippen molar-refractivity contribution in [1.82, 2.24) is 4.98 Å². The van der Waals surface area contributed by atoms with Gasteiger partial charge in [-0.1, -0.05) is 24.0 Å². The largest absolute Gasteiger partial charge is 0.492 e. The summed E-state index contributed by atoms with van der Waals surface area (Å²) in [5.74, 6) is 6.25. The summed E-state index contributed by atoms with van der Waals surface area (Å²) < 4.78 is 5.73. The van der Waals surface area contributed by atoms with E-state index in [1.54, 1.807) is 12.4 Å². The molecule has 2 aromatic rings. The number of para-hydroxylation sites is 1. The zero-order valence-corrected chi connectivity index (χ0v) is 10.5. The van der Waals surface area contributed by atoms with E-state index in [9.17, 15) is 0 Å². The summed E-state index contributed by atoms with van der Waals surface area (Å²) in [6, 6.07) is 11.5. The quantitative estimate of drug-likeness (QED) is 0.848. The molecular formula is C16H15NO2. The Labute approximate surface area is 112 Å². The Kier molecular flexibility index (Phi) is 4.97. The van der Waals surface area contributed by atoms with Gasteiger partial charge in [-0.3, -0.25) is 4.98 Å². The lowest BCUT2D eigenvalue weighted by Gasteiger charge is -2.08. The van der Waals surface area contributed by atoms with Crippen LogP contribution in [-0.2, 0) is 6.42 Å². The highest BCUT2D eigenvalue weighted by atomic mass is 16.5. The van der Waals surface area contributed by atoms with Crippen LogP contribution in [0, 0.1) is 11.8 Å². The molecule has 0 saturated heterocycles. The molecule has 1 aromatic carbocycles. The highest BCUT2D eigenvalue weighted by Gasteiger charge is 2.00. The first-order valence-corrected chi connectivity index (χ1v) is 6.10. The molecule has 1 aromatic heterocycles. The maximum absolute atomic E-state index is 8.72. The van der Waals surface area contributed by atoms with Gasteiger partial charge in [-0.25, -0.2) is 0 Å². The standard InChI is InChI=1S/C16H15NO2/c18-12-3-5-15-4-1-2-6-16(15)19-13-9-14-7-10-17-11-8-14/h1-2,4,6-8,10-11,18H,9,12-13H2. The van der Waals surface area contributed by atoms with Gasteiger partial charge in [0.2, 0.25) is 0 Å². The fraction of sp³-hybridized carbons (Fsp3) is 0.188. The van der Waals surface area contributed by atoms with Crippen molar-refractivity contribution in [2.45, 2.75) is 6.42 Å². The molecule has 2 rings (SSSR count). The highest BCUT2D eigenvalue weighted by molar-refractivity contribution is 5.45. The second-order valence-corrected chi connectivity index (χ2v) is 3.91. The number of rotatable bonds is 4. The van der Waals surface area contributed by atoms with Crippen LogP contribution >= 0.6 is 0 Å². The third kappa shape index (κ3) is 4.13. The summed E-state index contributed by atoms with van der Waals surface area (Å²) in [6.07, 6.45) is 4.37. The first-order chi connectivity index (χ1) is 9.40. The van der Waals surface area contributed by atoms with Crippen molar-refractivity contribution < 1.29 is 9.84 Å². The predicted octanol–water partition coefficient (Wildman–Crippen LogP) is 2.05. The van der Waals surface area contributed by atoms with Gasteiger partial charge in [0.05, 0.1) is 12.2 Å². The van der Waals surface area contributed by atoms with Gasteiger partial charge in [-0.15, -0.1) is 0 Å². The summed E-state index contributed by atoms with van der Waals surface area (Å²) in [5, 5.41) is 8.72. The molecule has 0 bridgehead atoms. The number of hydrogen-bond donors (Lipinski definition) is 1. The summed E-state index contributed by atoms with van der Waals surface area (Å²) in [7, 11) is 0. The van der Waals surface area contributed by atoms with Crippen molar-refractivity contribution in [1.29, 1.82) is 0 Å². The topological polar surface area (TPSA) is 42.4 Å². The van der Waals surface area contributed by atoms with Gasteiger partial charge < -0.3 is 9.84 Å². The van der Waals surface area contributed by atoms with E-state index < -0.39 is 0 Å². The van der Waals surface area contributed by atoms with E-state index in [2.05, 4.69) is 16.8 Å². The van der Waals surface area contributed by atoms with Gasteiger partial charge >= 0.3 is 0 Å². The lowest BCUT2D eigenvalue weighted by molar-refractivity contribution is 0.321. The van der Waals surface area contributed by atoms with Gasteiger partial charge in [-0.05, 0) is 29.8 Å². The van der Waals surface area contributed by atoms with Gasteiger partial charge in [0.1, 0.15) is 12.4 Å². The molecule has 0 fully saturated rings. The molecule has 0 unspecified atom stereocenters. The van der Waals surface area contributed by atoms with Crippen molar-refractivity contribution >= 4 is 0 Å². The number of pyridine rings is 1.